The number of hydrogen-bond donors (Lipinski definition) is 0. The van der Waals surface area contributed by atoms with Crippen molar-refractivity contribution in [2.75, 3.05) is 0 Å². The molecule has 1 heterocycles. The maximum atomic E-state index is 12.8. The third-order valence-electron chi connectivity index (χ3n) is 3.17. The average Bonchev–Trinajstić information content (AvgIpc) is 2.44. The molecule has 5 heteroatoms. The molecule has 0 fully saturated rings. The largest absolute Gasteiger partial charge is 0.416 e. The predicted molar refractivity (Wildman–Crippen MR) is 69.6 cm³/mol. The Morgan fingerprint density at radius 2 is 1.70 bits per heavy atom. The van der Waals surface area contributed by atoms with Crippen LogP contribution in [0, 0.1) is 0 Å². The van der Waals surface area contributed by atoms with Crippen LogP contribution in [0.25, 0.3) is 21.7 Å². The van der Waals surface area contributed by atoms with Gasteiger partial charge in [0.2, 0.25) is 0 Å². The van der Waals surface area contributed by atoms with Gasteiger partial charge in [-0.05, 0) is 23.6 Å². The molecule has 0 aliphatic carbocycles. The number of pyridine rings is 1. The van der Waals surface area contributed by atoms with Crippen molar-refractivity contribution >= 4 is 28.0 Å². The highest BCUT2D eigenvalue weighted by Crippen LogP contribution is 2.34. The van der Waals surface area contributed by atoms with Gasteiger partial charge in [-0.25, -0.2) is 4.98 Å². The number of carbonyl (C=O) groups excluding carboxylic acids is 1. The molecule has 0 saturated heterocycles. The second kappa shape index (κ2) is 4.30. The monoisotopic (exact) mass is 275 g/mol. The lowest BCUT2D eigenvalue weighted by atomic mass is 10.0. The van der Waals surface area contributed by atoms with Crippen LogP contribution < -0.4 is 0 Å². The van der Waals surface area contributed by atoms with Gasteiger partial charge in [0.25, 0.3) is 0 Å². The highest BCUT2D eigenvalue weighted by molar-refractivity contribution is 6.10. The first-order valence-corrected chi connectivity index (χ1v) is 5.85. The summed E-state index contributed by atoms with van der Waals surface area (Å²) in [5.41, 5.74) is -0.183. The van der Waals surface area contributed by atoms with Crippen molar-refractivity contribution in [3.05, 3.63) is 53.7 Å². The van der Waals surface area contributed by atoms with E-state index >= 15 is 0 Å². The van der Waals surface area contributed by atoms with Crippen molar-refractivity contribution in [1.82, 2.24) is 4.98 Å². The van der Waals surface area contributed by atoms with Gasteiger partial charge in [-0.1, -0.05) is 24.3 Å². The quantitative estimate of drug-likeness (QED) is 0.491. The van der Waals surface area contributed by atoms with E-state index in [0.717, 1.165) is 17.5 Å². The van der Waals surface area contributed by atoms with Gasteiger partial charge in [0.15, 0.2) is 6.29 Å². The van der Waals surface area contributed by atoms with Crippen molar-refractivity contribution in [1.29, 1.82) is 0 Å². The Bertz CT molecular complexity index is 824. The Hall–Kier alpha value is -2.43. The molecule has 0 saturated carbocycles. The summed E-state index contributed by atoms with van der Waals surface area (Å²) < 4.78 is 38.3. The van der Waals surface area contributed by atoms with E-state index in [1.165, 1.54) is 6.07 Å². The number of hydrogen-bond acceptors (Lipinski definition) is 2. The highest BCUT2D eigenvalue weighted by atomic mass is 19.4. The third kappa shape index (κ3) is 1.91. The number of aromatic nitrogens is 1. The molecule has 3 aromatic rings. The zero-order valence-electron chi connectivity index (χ0n) is 10.1. The standard InChI is InChI=1S/C15H8F3NO/c16-15(17,18)9-5-6-10-11-3-1-2-4-13(11)19-14(8-20)12(10)7-9/h1-8H. The van der Waals surface area contributed by atoms with Crippen LogP contribution in [0.15, 0.2) is 42.5 Å². The van der Waals surface area contributed by atoms with Crippen molar-refractivity contribution in [3.63, 3.8) is 0 Å². The molecule has 0 bridgehead atoms. The number of nitrogens with zero attached hydrogens (tertiary/aromatic N) is 1. The maximum Gasteiger partial charge on any atom is 0.416 e. The van der Waals surface area contributed by atoms with Crippen LogP contribution in [0.1, 0.15) is 16.1 Å². The molecular weight excluding hydrogens is 267 g/mol. The smallest absolute Gasteiger partial charge is 0.296 e. The summed E-state index contributed by atoms with van der Waals surface area (Å²) in [6, 6.07) is 10.4. The number of benzene rings is 2. The molecule has 1 aromatic heterocycles. The number of alkyl halides is 3. The highest BCUT2D eigenvalue weighted by Gasteiger charge is 2.30. The van der Waals surface area contributed by atoms with Crippen LogP contribution in [-0.2, 0) is 6.18 Å². The summed E-state index contributed by atoms with van der Waals surface area (Å²) in [6.45, 7) is 0. The van der Waals surface area contributed by atoms with Crippen LogP contribution >= 0.6 is 0 Å². The zero-order chi connectivity index (χ0) is 14.3. The molecule has 20 heavy (non-hydrogen) atoms. The van der Waals surface area contributed by atoms with E-state index < -0.39 is 11.7 Å². The Labute approximate surface area is 111 Å². The predicted octanol–water partition coefficient (Wildman–Crippen LogP) is 4.22. The number of para-hydroxylation sites is 1. The van der Waals surface area contributed by atoms with Crippen LogP contribution in [0.5, 0.6) is 0 Å². The lowest BCUT2D eigenvalue weighted by Crippen LogP contribution is -2.05. The summed E-state index contributed by atoms with van der Waals surface area (Å²) >= 11 is 0. The van der Waals surface area contributed by atoms with Crippen LogP contribution in [0.3, 0.4) is 0 Å². The molecule has 0 amide bonds. The topological polar surface area (TPSA) is 30.0 Å². The molecule has 0 aliphatic heterocycles. The number of aldehydes is 1. The number of fused-ring (bicyclic) bond motifs is 3. The first-order chi connectivity index (χ1) is 9.50. The second-order valence-electron chi connectivity index (χ2n) is 4.39. The Balaban J connectivity index is 2.45. The normalized spacial score (nSPS) is 11.9. The lowest BCUT2D eigenvalue weighted by molar-refractivity contribution is -0.137. The van der Waals surface area contributed by atoms with Crippen molar-refractivity contribution in [2.45, 2.75) is 6.18 Å². The summed E-state index contributed by atoms with van der Waals surface area (Å²) in [4.78, 5) is 15.2. The van der Waals surface area contributed by atoms with Gasteiger partial charge in [0.1, 0.15) is 5.69 Å². The van der Waals surface area contributed by atoms with Crippen molar-refractivity contribution in [2.24, 2.45) is 0 Å². The van der Waals surface area contributed by atoms with E-state index in [4.69, 9.17) is 0 Å². The van der Waals surface area contributed by atoms with E-state index in [-0.39, 0.29) is 11.1 Å². The van der Waals surface area contributed by atoms with Crippen molar-refractivity contribution in [3.8, 4) is 0 Å². The Kier molecular flexibility index (Phi) is 2.71. The van der Waals surface area contributed by atoms with Gasteiger partial charge < -0.3 is 0 Å². The minimum absolute atomic E-state index is 0.0183. The zero-order valence-corrected chi connectivity index (χ0v) is 10.1. The fourth-order valence-electron chi connectivity index (χ4n) is 2.25. The minimum atomic E-state index is -4.44. The summed E-state index contributed by atoms with van der Waals surface area (Å²) in [6.07, 6.45) is -3.96. The number of rotatable bonds is 1. The Morgan fingerprint density at radius 3 is 2.40 bits per heavy atom. The van der Waals surface area contributed by atoms with E-state index in [1.54, 1.807) is 24.3 Å². The molecule has 0 unspecified atom stereocenters. The maximum absolute atomic E-state index is 12.8. The molecular formula is C15H8F3NO. The van der Waals surface area contributed by atoms with Gasteiger partial charge in [-0.2, -0.15) is 13.2 Å². The van der Waals surface area contributed by atoms with E-state index in [0.29, 0.717) is 17.2 Å². The van der Waals surface area contributed by atoms with E-state index in [9.17, 15) is 18.0 Å². The molecule has 0 spiro atoms. The number of carbonyl (C=O) groups is 1. The minimum Gasteiger partial charge on any atom is -0.296 e. The lowest BCUT2D eigenvalue weighted by Gasteiger charge is -2.10. The fourth-order valence-corrected chi connectivity index (χ4v) is 2.25. The summed E-state index contributed by atoms with van der Waals surface area (Å²) in [7, 11) is 0. The van der Waals surface area contributed by atoms with Gasteiger partial charge in [0, 0.05) is 10.8 Å². The van der Waals surface area contributed by atoms with Crippen molar-refractivity contribution < 1.29 is 18.0 Å². The third-order valence-corrected chi connectivity index (χ3v) is 3.17. The summed E-state index contributed by atoms with van der Waals surface area (Å²) in [5.74, 6) is 0. The first-order valence-electron chi connectivity index (χ1n) is 5.85. The van der Waals surface area contributed by atoms with Gasteiger partial charge in [-0.15, -0.1) is 0 Å². The van der Waals surface area contributed by atoms with Crippen LogP contribution in [0.2, 0.25) is 0 Å². The first kappa shape index (κ1) is 12.6. The molecule has 0 N–H and O–H groups in total. The average molecular weight is 275 g/mol. The molecule has 0 radical (unpaired) electrons. The summed E-state index contributed by atoms with van der Waals surface area (Å²) in [5, 5.41) is 1.53. The van der Waals surface area contributed by atoms with Crippen LogP contribution in [0.4, 0.5) is 13.2 Å². The van der Waals surface area contributed by atoms with Crippen LogP contribution in [-0.4, -0.2) is 11.3 Å². The van der Waals surface area contributed by atoms with E-state index in [1.807, 2.05) is 0 Å². The number of halogens is 3. The molecule has 3 rings (SSSR count). The van der Waals surface area contributed by atoms with Gasteiger partial charge in [-0.3, -0.25) is 4.79 Å². The fraction of sp³-hybridized carbons (Fsp3) is 0.0667. The van der Waals surface area contributed by atoms with Gasteiger partial charge in [0.05, 0.1) is 11.1 Å². The van der Waals surface area contributed by atoms with E-state index in [2.05, 4.69) is 4.98 Å². The molecule has 0 aliphatic rings. The van der Waals surface area contributed by atoms with Gasteiger partial charge >= 0.3 is 6.18 Å². The second-order valence-corrected chi connectivity index (χ2v) is 4.39. The molecule has 100 valence electrons. The Morgan fingerprint density at radius 1 is 0.950 bits per heavy atom. The molecule has 0 atom stereocenters. The molecule has 2 nitrogen and oxygen atoms in total. The molecule has 2 aromatic carbocycles. The SMILES string of the molecule is O=Cc1nc2ccccc2c2ccc(C(F)(F)F)cc12.